The van der Waals surface area contributed by atoms with Crippen LogP contribution in [0, 0.1) is 6.92 Å². The summed E-state index contributed by atoms with van der Waals surface area (Å²) in [6.07, 6.45) is 1.72. The number of hydrogen-bond donors (Lipinski definition) is 2. The molecule has 4 heteroatoms. The predicted molar refractivity (Wildman–Crippen MR) is 49.4 cm³/mol. The number of nitrogens with two attached hydrogens (primary N) is 1. The number of pyridine rings is 1. The van der Waals surface area contributed by atoms with Gasteiger partial charge in [-0.05, 0) is 31.3 Å². The second kappa shape index (κ2) is 3.30. The van der Waals surface area contributed by atoms with Gasteiger partial charge in [0.25, 0.3) is 0 Å². The van der Waals surface area contributed by atoms with Crippen LogP contribution in [0.2, 0.25) is 0 Å². The standard InChI is InChI=1S/C7H9N3S/c1-5-6(10-7(8)11)3-2-4-9-5/h2-4H,1H3,(H3,8,10,11). The van der Waals surface area contributed by atoms with Gasteiger partial charge in [-0.2, -0.15) is 0 Å². The van der Waals surface area contributed by atoms with Crippen LogP contribution in [-0.2, 0) is 0 Å². The molecule has 0 spiro atoms. The molecule has 1 rings (SSSR count). The van der Waals surface area contributed by atoms with Gasteiger partial charge in [0.1, 0.15) is 0 Å². The molecule has 0 saturated heterocycles. The van der Waals surface area contributed by atoms with Gasteiger partial charge in [0.2, 0.25) is 0 Å². The molecule has 58 valence electrons. The Morgan fingerprint density at radius 2 is 2.45 bits per heavy atom. The van der Waals surface area contributed by atoms with Crippen molar-refractivity contribution in [2.45, 2.75) is 6.92 Å². The first-order chi connectivity index (χ1) is 5.20. The van der Waals surface area contributed by atoms with E-state index in [9.17, 15) is 0 Å². The number of nitrogens with one attached hydrogen (secondary N) is 1. The summed E-state index contributed by atoms with van der Waals surface area (Å²) < 4.78 is 0. The molecule has 1 aromatic rings. The minimum Gasteiger partial charge on any atom is -0.376 e. The maximum atomic E-state index is 5.29. The highest BCUT2D eigenvalue weighted by molar-refractivity contribution is 7.80. The Bertz CT molecular complexity index is 272. The van der Waals surface area contributed by atoms with Crippen LogP contribution in [0.15, 0.2) is 18.3 Å². The number of aromatic nitrogens is 1. The molecule has 0 amide bonds. The van der Waals surface area contributed by atoms with Crippen LogP contribution in [0.1, 0.15) is 5.69 Å². The lowest BCUT2D eigenvalue weighted by Crippen LogP contribution is -2.19. The molecule has 11 heavy (non-hydrogen) atoms. The first-order valence-electron chi connectivity index (χ1n) is 3.18. The Kier molecular flexibility index (Phi) is 2.38. The lowest BCUT2D eigenvalue weighted by Gasteiger charge is -2.04. The average Bonchev–Trinajstić information content (AvgIpc) is 1.93. The zero-order valence-electron chi connectivity index (χ0n) is 6.16. The molecule has 0 bridgehead atoms. The van der Waals surface area contributed by atoms with Crippen molar-refractivity contribution in [1.82, 2.24) is 4.98 Å². The number of hydrogen-bond acceptors (Lipinski definition) is 2. The minimum absolute atomic E-state index is 0.265. The summed E-state index contributed by atoms with van der Waals surface area (Å²) in [5.41, 5.74) is 7.04. The Morgan fingerprint density at radius 3 is 3.00 bits per heavy atom. The lowest BCUT2D eigenvalue weighted by atomic mass is 10.3. The van der Waals surface area contributed by atoms with Crippen LogP contribution in [0.3, 0.4) is 0 Å². The SMILES string of the molecule is Cc1ncccc1NC(N)=S. The van der Waals surface area contributed by atoms with Crippen LogP contribution >= 0.6 is 12.2 Å². The maximum Gasteiger partial charge on any atom is 0.168 e. The van der Waals surface area contributed by atoms with Gasteiger partial charge in [-0.25, -0.2) is 0 Å². The summed E-state index contributed by atoms with van der Waals surface area (Å²) in [4.78, 5) is 4.05. The van der Waals surface area contributed by atoms with Crippen LogP contribution in [0.25, 0.3) is 0 Å². The van der Waals surface area contributed by atoms with Gasteiger partial charge in [-0.15, -0.1) is 0 Å². The summed E-state index contributed by atoms with van der Waals surface area (Å²) >= 11 is 4.68. The first kappa shape index (κ1) is 7.94. The molecular formula is C7H9N3S. The fraction of sp³-hybridized carbons (Fsp3) is 0.143. The Balaban J connectivity index is 2.86. The van der Waals surface area contributed by atoms with Gasteiger partial charge in [0.15, 0.2) is 5.11 Å². The van der Waals surface area contributed by atoms with E-state index >= 15 is 0 Å². The number of thiocarbonyl (C=S) groups is 1. The molecule has 0 aliphatic heterocycles. The molecule has 3 nitrogen and oxygen atoms in total. The van der Waals surface area contributed by atoms with Gasteiger partial charge in [0, 0.05) is 6.20 Å². The van der Waals surface area contributed by atoms with Crippen molar-refractivity contribution in [3.63, 3.8) is 0 Å². The molecule has 1 aromatic heterocycles. The third-order valence-electron chi connectivity index (χ3n) is 1.26. The van der Waals surface area contributed by atoms with E-state index in [1.807, 2.05) is 19.1 Å². The van der Waals surface area contributed by atoms with Crippen LogP contribution < -0.4 is 11.1 Å². The summed E-state index contributed by atoms with van der Waals surface area (Å²) in [6, 6.07) is 3.70. The second-order valence-electron chi connectivity index (χ2n) is 2.13. The predicted octanol–water partition coefficient (Wildman–Crippen LogP) is 1.05. The van der Waals surface area contributed by atoms with Crippen molar-refractivity contribution in [3.8, 4) is 0 Å². The molecule has 0 aromatic carbocycles. The zero-order chi connectivity index (χ0) is 8.27. The number of aryl methyl sites for hydroxylation is 1. The van der Waals surface area contributed by atoms with E-state index in [4.69, 9.17) is 5.73 Å². The van der Waals surface area contributed by atoms with Gasteiger partial charge in [0.05, 0.1) is 11.4 Å². The van der Waals surface area contributed by atoms with Gasteiger partial charge in [-0.3, -0.25) is 4.98 Å². The fourth-order valence-electron chi connectivity index (χ4n) is 0.749. The van der Waals surface area contributed by atoms with Crippen LogP contribution in [-0.4, -0.2) is 10.1 Å². The number of nitrogens with zero attached hydrogens (tertiary/aromatic N) is 1. The van der Waals surface area contributed by atoms with Crippen molar-refractivity contribution < 1.29 is 0 Å². The van der Waals surface area contributed by atoms with Gasteiger partial charge in [-0.1, -0.05) is 0 Å². The molecule has 0 saturated carbocycles. The van der Waals surface area contributed by atoms with E-state index in [2.05, 4.69) is 22.5 Å². The molecule has 0 aliphatic carbocycles. The molecule has 0 aliphatic rings. The number of rotatable bonds is 1. The van der Waals surface area contributed by atoms with E-state index in [0.717, 1.165) is 11.4 Å². The Hall–Kier alpha value is -1.16. The molecule has 3 N–H and O–H groups in total. The largest absolute Gasteiger partial charge is 0.376 e. The van der Waals surface area contributed by atoms with Crippen molar-refractivity contribution in [1.29, 1.82) is 0 Å². The fourth-order valence-corrected chi connectivity index (χ4v) is 0.859. The maximum absolute atomic E-state index is 5.29. The smallest absolute Gasteiger partial charge is 0.168 e. The van der Waals surface area contributed by atoms with Crippen LogP contribution in [0.4, 0.5) is 5.69 Å². The highest BCUT2D eigenvalue weighted by Crippen LogP contribution is 2.08. The summed E-state index contributed by atoms with van der Waals surface area (Å²) in [5.74, 6) is 0. The van der Waals surface area contributed by atoms with E-state index in [1.54, 1.807) is 6.20 Å². The first-order valence-corrected chi connectivity index (χ1v) is 3.59. The quantitative estimate of drug-likeness (QED) is 0.614. The van der Waals surface area contributed by atoms with Crippen molar-refractivity contribution in [2.24, 2.45) is 5.73 Å². The summed E-state index contributed by atoms with van der Waals surface area (Å²) in [5, 5.41) is 3.08. The van der Waals surface area contributed by atoms with E-state index in [-0.39, 0.29) is 5.11 Å². The second-order valence-corrected chi connectivity index (χ2v) is 2.57. The molecule has 0 unspecified atom stereocenters. The molecule has 0 atom stereocenters. The zero-order valence-corrected chi connectivity index (χ0v) is 6.98. The van der Waals surface area contributed by atoms with Crippen molar-refractivity contribution in [3.05, 3.63) is 24.0 Å². The minimum atomic E-state index is 0.265. The highest BCUT2D eigenvalue weighted by atomic mass is 32.1. The molecule has 1 heterocycles. The highest BCUT2D eigenvalue weighted by Gasteiger charge is 1.96. The molecular weight excluding hydrogens is 158 g/mol. The monoisotopic (exact) mass is 167 g/mol. The third-order valence-corrected chi connectivity index (χ3v) is 1.37. The molecule has 0 fully saturated rings. The molecule has 0 radical (unpaired) electrons. The van der Waals surface area contributed by atoms with Crippen LogP contribution in [0.5, 0.6) is 0 Å². The lowest BCUT2D eigenvalue weighted by molar-refractivity contribution is 1.20. The normalized spacial score (nSPS) is 9.18. The Morgan fingerprint density at radius 1 is 1.73 bits per heavy atom. The van der Waals surface area contributed by atoms with Crippen molar-refractivity contribution in [2.75, 3.05) is 5.32 Å². The van der Waals surface area contributed by atoms with E-state index < -0.39 is 0 Å². The van der Waals surface area contributed by atoms with Gasteiger partial charge >= 0.3 is 0 Å². The van der Waals surface area contributed by atoms with Crippen molar-refractivity contribution >= 4 is 23.0 Å². The summed E-state index contributed by atoms with van der Waals surface area (Å²) in [6.45, 7) is 1.89. The number of anilines is 1. The summed E-state index contributed by atoms with van der Waals surface area (Å²) in [7, 11) is 0. The third kappa shape index (κ3) is 2.16. The topological polar surface area (TPSA) is 50.9 Å². The average molecular weight is 167 g/mol. The van der Waals surface area contributed by atoms with E-state index in [1.165, 1.54) is 0 Å². The Labute approximate surface area is 70.6 Å². The van der Waals surface area contributed by atoms with E-state index in [0.29, 0.717) is 0 Å². The van der Waals surface area contributed by atoms with Gasteiger partial charge < -0.3 is 11.1 Å².